The molecular weight excluding hydrogens is 335 g/mol. The largest absolute Gasteiger partial charge is 0.225 e. The van der Waals surface area contributed by atoms with Gasteiger partial charge in [0.25, 0.3) is 0 Å². The third-order valence-corrected chi connectivity index (χ3v) is 5.80. The van der Waals surface area contributed by atoms with Crippen molar-refractivity contribution in [2.45, 2.75) is 33.1 Å². The highest BCUT2D eigenvalue weighted by Gasteiger charge is 2.26. The summed E-state index contributed by atoms with van der Waals surface area (Å²) in [6.07, 6.45) is 1.52. The number of hydrogen-bond acceptors (Lipinski definition) is 3. The van der Waals surface area contributed by atoms with E-state index in [0.717, 1.165) is 31.9 Å². The highest BCUT2D eigenvalue weighted by Crippen LogP contribution is 2.46. The van der Waals surface area contributed by atoms with E-state index in [-0.39, 0.29) is 5.41 Å². The number of fused-ring (bicyclic) bond motifs is 1. The van der Waals surface area contributed by atoms with Gasteiger partial charge in [0.1, 0.15) is 16.3 Å². The predicted molar refractivity (Wildman–Crippen MR) is 96.3 cm³/mol. The summed E-state index contributed by atoms with van der Waals surface area (Å²) in [6, 6.07) is 6.07. The molecule has 3 rings (SSSR count). The lowest BCUT2D eigenvalue weighted by molar-refractivity contribution is 0.606. The lowest BCUT2D eigenvalue weighted by atomic mass is 9.88. The first kappa shape index (κ1) is 15.7. The monoisotopic (exact) mass is 350 g/mol. The predicted octanol–water partition coefficient (Wildman–Crippen LogP) is 6.27. The Hall–Kier alpha value is -1.16. The third-order valence-electron chi connectivity index (χ3n) is 3.57. The molecule has 0 saturated heterocycles. The van der Waals surface area contributed by atoms with Crippen LogP contribution in [-0.4, -0.2) is 9.97 Å². The Balaban J connectivity index is 2.42. The van der Waals surface area contributed by atoms with Gasteiger partial charge in [0.05, 0.1) is 5.39 Å². The fourth-order valence-electron chi connectivity index (χ4n) is 2.50. The molecule has 0 amide bonds. The van der Waals surface area contributed by atoms with E-state index in [0.29, 0.717) is 5.15 Å². The number of halogens is 2. The van der Waals surface area contributed by atoms with E-state index in [4.69, 9.17) is 23.2 Å². The van der Waals surface area contributed by atoms with E-state index >= 15 is 0 Å². The molecule has 2 aromatic heterocycles. The minimum Gasteiger partial charge on any atom is -0.225 e. The molecule has 0 spiro atoms. The first-order valence-electron chi connectivity index (χ1n) is 6.99. The average Bonchev–Trinajstić information content (AvgIpc) is 2.83. The van der Waals surface area contributed by atoms with Crippen molar-refractivity contribution in [3.8, 4) is 11.1 Å². The van der Waals surface area contributed by atoms with Crippen molar-refractivity contribution in [1.29, 1.82) is 0 Å². The Kier molecular flexibility index (Phi) is 3.92. The molecule has 0 unspecified atom stereocenters. The Morgan fingerprint density at radius 1 is 1.09 bits per heavy atom. The first-order valence-corrected chi connectivity index (χ1v) is 8.56. The van der Waals surface area contributed by atoms with Gasteiger partial charge in [0.15, 0.2) is 0 Å². The van der Waals surface area contributed by atoms with Crippen LogP contribution in [0.3, 0.4) is 0 Å². The molecule has 0 N–H and O–H groups in total. The fraction of sp³-hybridized carbons (Fsp3) is 0.294. The fourth-order valence-corrected chi connectivity index (χ4v) is 4.13. The lowest BCUT2D eigenvalue weighted by Gasteiger charge is -2.19. The minimum absolute atomic E-state index is 0.00241. The van der Waals surface area contributed by atoms with Crippen molar-refractivity contribution in [1.82, 2.24) is 9.97 Å². The van der Waals surface area contributed by atoms with Crippen LogP contribution < -0.4 is 0 Å². The van der Waals surface area contributed by atoms with Gasteiger partial charge in [-0.25, -0.2) is 9.97 Å². The molecule has 22 heavy (non-hydrogen) atoms. The van der Waals surface area contributed by atoms with Crippen molar-refractivity contribution in [3.63, 3.8) is 0 Å². The molecule has 0 atom stereocenters. The zero-order chi connectivity index (χ0) is 16.1. The minimum atomic E-state index is -0.00241. The maximum absolute atomic E-state index is 6.38. The number of thiophene rings is 1. The van der Waals surface area contributed by atoms with Gasteiger partial charge in [0.2, 0.25) is 0 Å². The highest BCUT2D eigenvalue weighted by atomic mass is 35.5. The number of rotatable bonds is 1. The third kappa shape index (κ3) is 2.62. The van der Waals surface area contributed by atoms with E-state index in [2.05, 4.69) is 36.8 Å². The summed E-state index contributed by atoms with van der Waals surface area (Å²) >= 11 is 14.2. The maximum atomic E-state index is 6.38. The maximum Gasteiger partial charge on any atom is 0.141 e. The van der Waals surface area contributed by atoms with Crippen LogP contribution in [0.1, 0.15) is 31.2 Å². The summed E-state index contributed by atoms with van der Waals surface area (Å²) in [5.41, 5.74) is 3.27. The Labute approximate surface area is 144 Å². The quantitative estimate of drug-likeness (QED) is 0.483. The van der Waals surface area contributed by atoms with Crippen molar-refractivity contribution < 1.29 is 0 Å². The van der Waals surface area contributed by atoms with Crippen LogP contribution in [0.5, 0.6) is 0 Å². The average molecular weight is 351 g/mol. The second-order valence-electron chi connectivity index (χ2n) is 6.36. The van der Waals surface area contributed by atoms with Crippen molar-refractivity contribution in [2.24, 2.45) is 0 Å². The smallest absolute Gasteiger partial charge is 0.141 e. The van der Waals surface area contributed by atoms with Crippen LogP contribution in [0, 0.1) is 6.92 Å². The van der Waals surface area contributed by atoms with Gasteiger partial charge in [-0.1, -0.05) is 50.0 Å². The standard InChI is InChI=1S/C17H16Cl2N2S/c1-9-7-10(5-6-11(9)18)12-13-15(19)20-8-21-16(13)22-14(12)17(2,3)4/h5-8H,1-4H3. The van der Waals surface area contributed by atoms with E-state index in [1.54, 1.807) is 11.3 Å². The van der Waals surface area contributed by atoms with E-state index < -0.39 is 0 Å². The molecule has 114 valence electrons. The summed E-state index contributed by atoms with van der Waals surface area (Å²) in [7, 11) is 0. The second-order valence-corrected chi connectivity index (χ2v) is 8.13. The van der Waals surface area contributed by atoms with Gasteiger partial charge in [-0.15, -0.1) is 11.3 Å². The Morgan fingerprint density at radius 2 is 1.82 bits per heavy atom. The second kappa shape index (κ2) is 5.48. The van der Waals surface area contributed by atoms with Crippen LogP contribution in [0.15, 0.2) is 24.5 Å². The van der Waals surface area contributed by atoms with Crippen molar-refractivity contribution in [3.05, 3.63) is 45.1 Å². The van der Waals surface area contributed by atoms with Gasteiger partial charge in [-0.2, -0.15) is 0 Å². The Morgan fingerprint density at radius 3 is 2.45 bits per heavy atom. The van der Waals surface area contributed by atoms with E-state index in [9.17, 15) is 0 Å². The molecule has 2 heterocycles. The summed E-state index contributed by atoms with van der Waals surface area (Å²) in [4.78, 5) is 10.7. The molecule has 3 aromatic rings. The van der Waals surface area contributed by atoms with Gasteiger partial charge < -0.3 is 0 Å². The molecule has 0 fully saturated rings. The van der Waals surface area contributed by atoms with Crippen LogP contribution in [0.4, 0.5) is 0 Å². The molecule has 2 nitrogen and oxygen atoms in total. The van der Waals surface area contributed by atoms with Crippen LogP contribution in [-0.2, 0) is 5.41 Å². The van der Waals surface area contributed by atoms with E-state index in [1.165, 1.54) is 11.2 Å². The van der Waals surface area contributed by atoms with Gasteiger partial charge in [-0.05, 0) is 35.6 Å². The lowest BCUT2D eigenvalue weighted by Crippen LogP contribution is -2.10. The number of hydrogen-bond donors (Lipinski definition) is 0. The topological polar surface area (TPSA) is 25.8 Å². The molecular formula is C17H16Cl2N2S. The molecule has 0 aliphatic heterocycles. The number of aromatic nitrogens is 2. The molecule has 1 aromatic carbocycles. The Bertz CT molecular complexity index is 863. The molecule has 0 aliphatic carbocycles. The highest BCUT2D eigenvalue weighted by molar-refractivity contribution is 7.19. The summed E-state index contributed by atoms with van der Waals surface area (Å²) in [5, 5.41) is 2.20. The number of nitrogens with zero attached hydrogens (tertiary/aromatic N) is 2. The molecule has 0 bridgehead atoms. The number of aryl methyl sites for hydroxylation is 1. The SMILES string of the molecule is Cc1cc(-c2c(C(C)(C)C)sc3ncnc(Cl)c23)ccc1Cl. The normalized spacial score (nSPS) is 12.1. The van der Waals surface area contributed by atoms with Gasteiger partial charge in [-0.3, -0.25) is 0 Å². The van der Waals surface area contributed by atoms with Crippen LogP contribution >= 0.6 is 34.5 Å². The van der Waals surface area contributed by atoms with Crippen molar-refractivity contribution in [2.75, 3.05) is 0 Å². The molecule has 0 saturated carbocycles. The summed E-state index contributed by atoms with van der Waals surface area (Å²) in [6.45, 7) is 8.61. The first-order chi connectivity index (χ1) is 10.3. The molecule has 0 aliphatic rings. The van der Waals surface area contributed by atoms with Gasteiger partial charge in [0, 0.05) is 15.5 Å². The van der Waals surface area contributed by atoms with Crippen LogP contribution in [0.2, 0.25) is 10.2 Å². The number of benzene rings is 1. The van der Waals surface area contributed by atoms with E-state index in [1.807, 2.05) is 19.1 Å². The summed E-state index contributed by atoms with van der Waals surface area (Å²) < 4.78 is 0. The van der Waals surface area contributed by atoms with Gasteiger partial charge >= 0.3 is 0 Å². The zero-order valence-corrected chi connectivity index (χ0v) is 15.2. The van der Waals surface area contributed by atoms with Crippen LogP contribution in [0.25, 0.3) is 21.3 Å². The molecule has 5 heteroatoms. The molecule has 0 radical (unpaired) electrons. The summed E-state index contributed by atoms with van der Waals surface area (Å²) in [5.74, 6) is 0. The zero-order valence-electron chi connectivity index (χ0n) is 12.9. The van der Waals surface area contributed by atoms with Crippen molar-refractivity contribution >= 4 is 44.8 Å².